The van der Waals surface area contributed by atoms with Gasteiger partial charge in [0.05, 0.1) is 0 Å². The van der Waals surface area contributed by atoms with Crippen molar-refractivity contribution in [2.75, 3.05) is 43.2 Å². The second-order valence-corrected chi connectivity index (χ2v) is 8.48. The van der Waals surface area contributed by atoms with Crippen LogP contribution in [0.2, 0.25) is 0 Å². The van der Waals surface area contributed by atoms with Gasteiger partial charge in [0.25, 0.3) is 0 Å². The molecule has 7 nitrogen and oxygen atoms in total. The predicted molar refractivity (Wildman–Crippen MR) is 110 cm³/mol. The Morgan fingerprint density at radius 2 is 1.75 bits per heavy atom. The van der Waals surface area contributed by atoms with Crippen LogP contribution in [0.4, 0.5) is 11.6 Å². The van der Waals surface area contributed by atoms with Gasteiger partial charge in [-0.3, -0.25) is 4.90 Å². The lowest BCUT2D eigenvalue weighted by Gasteiger charge is -2.35. The van der Waals surface area contributed by atoms with Crippen LogP contribution >= 0.6 is 0 Å². The van der Waals surface area contributed by atoms with Crippen LogP contribution in [0.15, 0.2) is 24.3 Å². The Bertz CT molecular complexity index is 841. The zero-order valence-corrected chi connectivity index (χ0v) is 17.2. The van der Waals surface area contributed by atoms with Crippen molar-refractivity contribution in [1.29, 1.82) is 0 Å². The summed E-state index contributed by atoms with van der Waals surface area (Å²) in [5.74, 6) is 4.38. The largest absolute Gasteiger partial charge is 0.454 e. The fraction of sp³-hybridized carbons (Fsp3) is 0.524. The lowest BCUT2D eigenvalue weighted by atomic mass is 10.1. The average Bonchev–Trinajstić information content (AvgIpc) is 3.08. The minimum atomic E-state index is -0.0264. The third-order valence-corrected chi connectivity index (χ3v) is 4.87. The summed E-state index contributed by atoms with van der Waals surface area (Å²) in [6.07, 6.45) is 0. The Hall–Kier alpha value is -2.54. The first kappa shape index (κ1) is 18.8. The lowest BCUT2D eigenvalue weighted by molar-refractivity contribution is 0.174. The van der Waals surface area contributed by atoms with Crippen molar-refractivity contribution in [3.05, 3.63) is 35.7 Å². The molecule has 2 aromatic rings. The van der Waals surface area contributed by atoms with E-state index in [2.05, 4.69) is 64.1 Å². The molecule has 2 aliphatic rings. The van der Waals surface area contributed by atoms with Gasteiger partial charge in [0, 0.05) is 44.3 Å². The van der Waals surface area contributed by atoms with Crippen LogP contribution in [-0.4, -0.2) is 53.4 Å². The number of benzene rings is 1. The van der Waals surface area contributed by atoms with Gasteiger partial charge in [-0.05, 0) is 45.4 Å². The van der Waals surface area contributed by atoms with E-state index in [0.717, 1.165) is 61.7 Å². The monoisotopic (exact) mass is 383 g/mol. The number of nitrogens with zero attached hydrogens (tertiary/aromatic N) is 4. The number of ether oxygens (including phenoxy) is 2. The van der Waals surface area contributed by atoms with Crippen LogP contribution in [0.25, 0.3) is 0 Å². The van der Waals surface area contributed by atoms with Crippen molar-refractivity contribution in [3.63, 3.8) is 0 Å². The Labute approximate surface area is 166 Å². The number of anilines is 2. The molecule has 3 heterocycles. The summed E-state index contributed by atoms with van der Waals surface area (Å²) in [6.45, 7) is 13.5. The Morgan fingerprint density at radius 1 is 1.00 bits per heavy atom. The number of rotatable bonds is 4. The first-order chi connectivity index (χ1) is 13.4. The van der Waals surface area contributed by atoms with Crippen LogP contribution < -0.4 is 19.7 Å². The van der Waals surface area contributed by atoms with Gasteiger partial charge in [-0.25, -0.2) is 9.97 Å². The molecular weight excluding hydrogens is 354 g/mol. The molecule has 0 atom stereocenters. The number of nitrogens with one attached hydrogen (secondary N) is 1. The van der Waals surface area contributed by atoms with Gasteiger partial charge in [0.2, 0.25) is 6.79 Å². The van der Waals surface area contributed by atoms with Gasteiger partial charge in [-0.2, -0.15) is 0 Å². The highest BCUT2D eigenvalue weighted by Gasteiger charge is 2.21. The van der Waals surface area contributed by atoms with Gasteiger partial charge in [-0.1, -0.05) is 6.07 Å². The number of hydrogen-bond acceptors (Lipinski definition) is 7. The zero-order chi connectivity index (χ0) is 19.7. The predicted octanol–water partition coefficient (Wildman–Crippen LogP) is 3.05. The number of hydrogen-bond donors (Lipinski definition) is 1. The Morgan fingerprint density at radius 3 is 2.50 bits per heavy atom. The van der Waals surface area contributed by atoms with Gasteiger partial charge >= 0.3 is 0 Å². The number of fused-ring (bicyclic) bond motifs is 1. The van der Waals surface area contributed by atoms with Crippen LogP contribution in [0.5, 0.6) is 11.5 Å². The molecule has 0 saturated carbocycles. The minimum absolute atomic E-state index is 0.0264. The smallest absolute Gasteiger partial charge is 0.231 e. The molecule has 1 N–H and O–H groups in total. The van der Waals surface area contributed by atoms with Crippen LogP contribution in [-0.2, 0) is 6.54 Å². The molecule has 28 heavy (non-hydrogen) atoms. The Balaban J connectivity index is 1.37. The minimum Gasteiger partial charge on any atom is -0.454 e. The van der Waals surface area contributed by atoms with Crippen LogP contribution in [0.3, 0.4) is 0 Å². The van der Waals surface area contributed by atoms with E-state index in [4.69, 9.17) is 9.47 Å². The summed E-state index contributed by atoms with van der Waals surface area (Å²) in [4.78, 5) is 14.0. The van der Waals surface area contributed by atoms with Crippen molar-refractivity contribution >= 4 is 11.6 Å². The van der Waals surface area contributed by atoms with E-state index in [1.54, 1.807) is 0 Å². The highest BCUT2D eigenvalue weighted by atomic mass is 16.7. The molecule has 0 radical (unpaired) electrons. The number of aromatic nitrogens is 2. The van der Waals surface area contributed by atoms with Gasteiger partial charge in [-0.15, -0.1) is 0 Å². The van der Waals surface area contributed by atoms with Crippen LogP contribution in [0.1, 0.15) is 32.2 Å². The van der Waals surface area contributed by atoms with Crippen molar-refractivity contribution in [1.82, 2.24) is 14.9 Å². The second-order valence-electron chi connectivity index (χ2n) is 8.48. The van der Waals surface area contributed by atoms with Gasteiger partial charge in [0.15, 0.2) is 11.5 Å². The van der Waals surface area contributed by atoms with E-state index < -0.39 is 0 Å². The fourth-order valence-corrected chi connectivity index (χ4v) is 3.59. The Kier molecular flexibility index (Phi) is 5.02. The molecule has 0 spiro atoms. The van der Waals surface area contributed by atoms with Crippen molar-refractivity contribution in [3.8, 4) is 11.5 Å². The van der Waals surface area contributed by atoms with Crippen molar-refractivity contribution in [2.45, 2.75) is 39.8 Å². The van der Waals surface area contributed by atoms with E-state index in [9.17, 15) is 0 Å². The van der Waals surface area contributed by atoms with Gasteiger partial charge < -0.3 is 19.7 Å². The fourth-order valence-electron chi connectivity index (χ4n) is 3.59. The highest BCUT2D eigenvalue weighted by molar-refractivity contribution is 5.51. The molecule has 1 saturated heterocycles. The third kappa shape index (κ3) is 4.47. The van der Waals surface area contributed by atoms with Crippen LogP contribution in [0, 0.1) is 6.92 Å². The molecule has 7 heteroatoms. The SMILES string of the molecule is Cc1nc(NC(C)(C)C)cc(N2CCN(Cc3ccc4c(c3)OCO4)CC2)n1. The molecule has 2 aliphatic heterocycles. The number of piperazine rings is 1. The number of aryl methyl sites for hydroxylation is 1. The van der Waals surface area contributed by atoms with Crippen molar-refractivity contribution in [2.24, 2.45) is 0 Å². The summed E-state index contributed by atoms with van der Waals surface area (Å²) >= 11 is 0. The van der Waals surface area contributed by atoms with E-state index in [1.807, 2.05) is 13.0 Å². The molecule has 1 aromatic heterocycles. The maximum absolute atomic E-state index is 5.49. The molecule has 0 aliphatic carbocycles. The molecule has 4 rings (SSSR count). The standard InChI is InChI=1S/C21H29N5O2/c1-15-22-19(24-21(2,3)4)12-20(23-15)26-9-7-25(8-10-26)13-16-5-6-17-18(11-16)28-14-27-17/h5-6,11-12H,7-10,13-14H2,1-4H3,(H,22,23,24). The molecular formula is C21H29N5O2. The first-order valence-electron chi connectivity index (χ1n) is 9.85. The summed E-state index contributed by atoms with van der Waals surface area (Å²) in [6, 6.07) is 8.28. The quantitative estimate of drug-likeness (QED) is 0.871. The maximum atomic E-state index is 5.49. The molecule has 150 valence electrons. The highest BCUT2D eigenvalue weighted by Crippen LogP contribution is 2.33. The first-order valence-corrected chi connectivity index (χ1v) is 9.85. The lowest BCUT2D eigenvalue weighted by Crippen LogP contribution is -2.46. The normalized spacial score (nSPS) is 17.1. The van der Waals surface area contributed by atoms with E-state index in [-0.39, 0.29) is 5.54 Å². The summed E-state index contributed by atoms with van der Waals surface area (Å²) in [7, 11) is 0. The molecule has 0 bridgehead atoms. The second kappa shape index (κ2) is 7.47. The third-order valence-electron chi connectivity index (χ3n) is 4.87. The topological polar surface area (TPSA) is 62.8 Å². The molecule has 0 unspecified atom stereocenters. The summed E-state index contributed by atoms with van der Waals surface area (Å²) in [5.41, 5.74) is 1.23. The molecule has 0 amide bonds. The van der Waals surface area contributed by atoms with E-state index in [1.165, 1.54) is 5.56 Å². The molecule has 1 fully saturated rings. The summed E-state index contributed by atoms with van der Waals surface area (Å²) < 4.78 is 10.9. The van der Waals surface area contributed by atoms with E-state index in [0.29, 0.717) is 6.79 Å². The molecule has 1 aromatic carbocycles. The van der Waals surface area contributed by atoms with Crippen molar-refractivity contribution < 1.29 is 9.47 Å². The zero-order valence-electron chi connectivity index (χ0n) is 17.2. The van der Waals surface area contributed by atoms with Gasteiger partial charge in [0.1, 0.15) is 17.5 Å². The van der Waals surface area contributed by atoms with E-state index >= 15 is 0 Å². The average molecular weight is 383 g/mol. The maximum Gasteiger partial charge on any atom is 0.231 e. The summed E-state index contributed by atoms with van der Waals surface area (Å²) in [5, 5.41) is 3.45.